The summed E-state index contributed by atoms with van der Waals surface area (Å²) in [5, 5.41) is 14.9. The van der Waals surface area contributed by atoms with Crippen LogP contribution in [0, 0.1) is 23.2 Å². The standard InChI is InChI=1S/C23H33N5O3S/c1-6-25-21(29)16(13-24)11-20-28(7-2)23(31)19(32-20)14-26-17-9-8-10-18(12-17)27(5)22(30)15(3)4/h8-10,12,15-16,19-20,26H,6-7,11,14H2,1-5H3,(H,25,29). The Hall–Kier alpha value is -2.73. The van der Waals surface area contributed by atoms with Gasteiger partial charge in [-0.25, -0.2) is 0 Å². The van der Waals surface area contributed by atoms with Crippen LogP contribution in [0.15, 0.2) is 24.3 Å². The molecule has 1 saturated heterocycles. The highest BCUT2D eigenvalue weighted by molar-refractivity contribution is 8.01. The summed E-state index contributed by atoms with van der Waals surface area (Å²) in [7, 11) is 1.75. The minimum Gasteiger partial charge on any atom is -0.383 e. The zero-order chi connectivity index (χ0) is 23.8. The summed E-state index contributed by atoms with van der Waals surface area (Å²) in [4.78, 5) is 40.7. The van der Waals surface area contributed by atoms with E-state index in [0.717, 1.165) is 11.4 Å². The first kappa shape index (κ1) is 25.5. The molecule has 0 spiro atoms. The lowest BCUT2D eigenvalue weighted by Crippen LogP contribution is -2.38. The van der Waals surface area contributed by atoms with E-state index in [9.17, 15) is 19.6 Å². The topological polar surface area (TPSA) is 106 Å². The van der Waals surface area contributed by atoms with E-state index < -0.39 is 5.92 Å². The molecule has 1 fully saturated rings. The molecular formula is C23H33N5O3S. The summed E-state index contributed by atoms with van der Waals surface area (Å²) in [6, 6.07) is 9.60. The summed E-state index contributed by atoms with van der Waals surface area (Å²) in [6.45, 7) is 8.85. The van der Waals surface area contributed by atoms with Crippen LogP contribution in [-0.2, 0) is 14.4 Å². The molecule has 1 heterocycles. The SMILES string of the molecule is CCNC(=O)C(C#N)CC1SC(CNc2cccc(N(C)C(=O)C(C)C)c2)C(=O)N1CC. The van der Waals surface area contributed by atoms with Crippen molar-refractivity contribution in [2.45, 2.75) is 44.7 Å². The number of anilines is 2. The fourth-order valence-corrected chi connectivity index (χ4v) is 5.11. The Balaban J connectivity index is 2.04. The molecule has 1 aromatic carbocycles. The molecule has 3 atom stereocenters. The number of carbonyl (C=O) groups excluding carboxylic acids is 3. The second kappa shape index (κ2) is 11.8. The van der Waals surface area contributed by atoms with Crippen molar-refractivity contribution in [1.82, 2.24) is 10.2 Å². The van der Waals surface area contributed by atoms with Gasteiger partial charge in [-0.05, 0) is 32.0 Å². The molecule has 32 heavy (non-hydrogen) atoms. The van der Waals surface area contributed by atoms with Gasteiger partial charge in [0, 0.05) is 50.4 Å². The molecule has 0 aliphatic carbocycles. The van der Waals surface area contributed by atoms with E-state index >= 15 is 0 Å². The van der Waals surface area contributed by atoms with Crippen LogP contribution < -0.4 is 15.5 Å². The largest absolute Gasteiger partial charge is 0.383 e. The zero-order valence-corrected chi connectivity index (χ0v) is 20.2. The fourth-order valence-electron chi connectivity index (χ4n) is 3.59. The van der Waals surface area contributed by atoms with Crippen molar-refractivity contribution < 1.29 is 14.4 Å². The summed E-state index contributed by atoms with van der Waals surface area (Å²) in [5.74, 6) is -1.14. The van der Waals surface area contributed by atoms with Gasteiger partial charge in [0.15, 0.2) is 0 Å². The van der Waals surface area contributed by atoms with Gasteiger partial charge in [0.1, 0.15) is 11.2 Å². The van der Waals surface area contributed by atoms with Crippen LogP contribution in [0.1, 0.15) is 34.1 Å². The number of carbonyl (C=O) groups is 3. The number of nitrogens with zero attached hydrogens (tertiary/aromatic N) is 3. The third kappa shape index (κ3) is 6.16. The maximum Gasteiger partial charge on any atom is 0.238 e. The second-order valence-corrected chi connectivity index (χ2v) is 9.38. The predicted molar refractivity (Wildman–Crippen MR) is 128 cm³/mol. The lowest BCUT2D eigenvalue weighted by Gasteiger charge is -2.23. The van der Waals surface area contributed by atoms with Crippen LogP contribution in [0.4, 0.5) is 11.4 Å². The molecule has 0 bridgehead atoms. The molecule has 8 nitrogen and oxygen atoms in total. The molecule has 1 aromatic rings. The van der Waals surface area contributed by atoms with Gasteiger partial charge in [0.25, 0.3) is 0 Å². The van der Waals surface area contributed by atoms with Crippen LogP contribution in [0.3, 0.4) is 0 Å². The highest BCUT2D eigenvalue weighted by Gasteiger charge is 2.41. The molecule has 174 valence electrons. The van der Waals surface area contributed by atoms with Crippen molar-refractivity contribution in [2.24, 2.45) is 11.8 Å². The Morgan fingerprint density at radius 1 is 1.31 bits per heavy atom. The zero-order valence-electron chi connectivity index (χ0n) is 19.4. The Bertz CT molecular complexity index is 869. The van der Waals surface area contributed by atoms with Crippen molar-refractivity contribution >= 4 is 40.9 Å². The Labute approximate surface area is 194 Å². The number of nitrogens with one attached hydrogen (secondary N) is 2. The van der Waals surface area contributed by atoms with Gasteiger partial charge in [-0.15, -0.1) is 11.8 Å². The predicted octanol–water partition coefficient (Wildman–Crippen LogP) is 2.67. The normalized spacial score (nSPS) is 18.9. The molecule has 1 aliphatic heterocycles. The van der Waals surface area contributed by atoms with Crippen molar-refractivity contribution in [3.05, 3.63) is 24.3 Å². The minimum absolute atomic E-state index is 0.00541. The summed E-state index contributed by atoms with van der Waals surface area (Å²) >= 11 is 1.49. The van der Waals surface area contributed by atoms with Gasteiger partial charge >= 0.3 is 0 Å². The van der Waals surface area contributed by atoms with Gasteiger partial charge in [0.2, 0.25) is 17.7 Å². The van der Waals surface area contributed by atoms with Crippen molar-refractivity contribution in [2.75, 3.05) is 36.9 Å². The molecule has 9 heteroatoms. The molecule has 0 saturated carbocycles. The lowest BCUT2D eigenvalue weighted by molar-refractivity contribution is -0.130. The van der Waals surface area contributed by atoms with E-state index in [2.05, 4.69) is 16.7 Å². The lowest BCUT2D eigenvalue weighted by atomic mass is 10.1. The summed E-state index contributed by atoms with van der Waals surface area (Å²) in [5.41, 5.74) is 1.61. The summed E-state index contributed by atoms with van der Waals surface area (Å²) < 4.78 is 0. The highest BCUT2D eigenvalue weighted by atomic mass is 32.2. The number of thioether (sulfide) groups is 1. The number of hydrogen-bond donors (Lipinski definition) is 2. The van der Waals surface area contributed by atoms with Gasteiger partial charge < -0.3 is 20.4 Å². The first-order chi connectivity index (χ1) is 15.2. The third-order valence-electron chi connectivity index (χ3n) is 5.38. The quantitative estimate of drug-likeness (QED) is 0.557. The third-order valence-corrected chi connectivity index (χ3v) is 6.84. The number of hydrogen-bond acceptors (Lipinski definition) is 6. The van der Waals surface area contributed by atoms with Gasteiger partial charge in [-0.1, -0.05) is 19.9 Å². The molecule has 2 rings (SSSR count). The van der Waals surface area contributed by atoms with Gasteiger partial charge in [0.05, 0.1) is 11.4 Å². The molecule has 0 aromatic heterocycles. The van der Waals surface area contributed by atoms with Gasteiger partial charge in [-0.2, -0.15) is 5.26 Å². The Morgan fingerprint density at radius 2 is 2.03 bits per heavy atom. The second-order valence-electron chi connectivity index (χ2n) is 8.00. The van der Waals surface area contributed by atoms with Crippen molar-refractivity contribution in [3.8, 4) is 6.07 Å². The van der Waals surface area contributed by atoms with Crippen molar-refractivity contribution in [3.63, 3.8) is 0 Å². The minimum atomic E-state index is -0.785. The maximum atomic E-state index is 12.9. The number of benzene rings is 1. The molecule has 3 amide bonds. The summed E-state index contributed by atoms with van der Waals surface area (Å²) in [6.07, 6.45) is 0.306. The van der Waals surface area contributed by atoms with Crippen LogP contribution in [0.2, 0.25) is 0 Å². The first-order valence-corrected chi connectivity index (χ1v) is 11.9. The smallest absolute Gasteiger partial charge is 0.238 e. The van der Waals surface area contributed by atoms with Crippen LogP contribution in [-0.4, -0.2) is 59.9 Å². The van der Waals surface area contributed by atoms with E-state index in [1.165, 1.54) is 11.8 Å². The average molecular weight is 460 g/mol. The van der Waals surface area contributed by atoms with Gasteiger partial charge in [-0.3, -0.25) is 14.4 Å². The highest BCUT2D eigenvalue weighted by Crippen LogP contribution is 2.35. The number of amides is 3. The molecule has 1 aliphatic rings. The monoisotopic (exact) mass is 459 g/mol. The average Bonchev–Trinajstić information content (AvgIpc) is 3.09. The van der Waals surface area contributed by atoms with Crippen molar-refractivity contribution in [1.29, 1.82) is 5.26 Å². The van der Waals surface area contributed by atoms with E-state index in [1.54, 1.807) is 16.8 Å². The Kier molecular flexibility index (Phi) is 9.39. The van der Waals surface area contributed by atoms with Crippen LogP contribution >= 0.6 is 11.8 Å². The van der Waals surface area contributed by atoms with E-state index in [4.69, 9.17) is 0 Å². The van der Waals surface area contributed by atoms with E-state index in [0.29, 0.717) is 26.1 Å². The first-order valence-electron chi connectivity index (χ1n) is 11.0. The maximum absolute atomic E-state index is 12.9. The van der Waals surface area contributed by atoms with Crippen LogP contribution in [0.25, 0.3) is 0 Å². The fraction of sp³-hybridized carbons (Fsp3) is 0.565. The molecule has 0 radical (unpaired) electrons. The van der Waals surface area contributed by atoms with E-state index in [-0.39, 0.29) is 34.3 Å². The van der Waals surface area contributed by atoms with E-state index in [1.807, 2.05) is 52.0 Å². The number of nitriles is 1. The molecular weight excluding hydrogens is 426 g/mol. The van der Waals surface area contributed by atoms with Crippen LogP contribution in [0.5, 0.6) is 0 Å². The Morgan fingerprint density at radius 3 is 2.62 bits per heavy atom. The number of rotatable bonds is 10. The molecule has 3 unspecified atom stereocenters. The molecule has 2 N–H and O–H groups in total.